The predicted molar refractivity (Wildman–Crippen MR) is 137 cm³/mol. The Morgan fingerprint density at radius 3 is 2.49 bits per heavy atom. The minimum atomic E-state index is -1.00. The molecule has 6 rings (SSSR count). The van der Waals surface area contributed by atoms with Crippen LogP contribution in [0.1, 0.15) is 47.1 Å². The lowest BCUT2D eigenvalue weighted by Crippen LogP contribution is -2.57. The Labute approximate surface area is 222 Å². The number of aliphatic hydroxyl groups is 2. The van der Waals surface area contributed by atoms with Crippen molar-refractivity contribution in [1.29, 1.82) is 0 Å². The van der Waals surface area contributed by atoms with Crippen LogP contribution in [-0.2, 0) is 6.42 Å². The number of hydrogen-bond acceptors (Lipinski definition) is 7. The van der Waals surface area contributed by atoms with Crippen molar-refractivity contribution in [2.45, 2.75) is 43.9 Å². The minimum Gasteiger partial charge on any atom is -0.391 e. The summed E-state index contributed by atoms with van der Waals surface area (Å²) in [5, 5.41) is 24.0. The largest absolute Gasteiger partial charge is 0.391 e. The van der Waals surface area contributed by atoms with E-state index >= 15 is 0 Å². The summed E-state index contributed by atoms with van der Waals surface area (Å²) in [6, 6.07) is 4.69. The van der Waals surface area contributed by atoms with Crippen LogP contribution in [-0.4, -0.2) is 51.3 Å². The third-order valence-electron chi connectivity index (χ3n) is 7.98. The highest BCUT2D eigenvalue weighted by molar-refractivity contribution is 6.05. The van der Waals surface area contributed by atoms with Crippen molar-refractivity contribution in [2.24, 2.45) is 17.6 Å². The van der Waals surface area contributed by atoms with Crippen molar-refractivity contribution in [3.05, 3.63) is 70.9 Å². The Bertz CT molecular complexity index is 1430. The molecule has 1 aromatic carbocycles. The normalized spacial score (nSPS) is 24.5. The van der Waals surface area contributed by atoms with E-state index in [0.717, 1.165) is 48.7 Å². The Morgan fingerprint density at radius 2 is 1.77 bits per heavy atom. The fourth-order valence-electron chi connectivity index (χ4n) is 5.87. The fraction of sp³-hybridized carbons (Fsp3) is 0.393. The fourth-order valence-corrected chi connectivity index (χ4v) is 5.87. The number of aliphatic hydroxyl groups excluding tert-OH is 2. The molecule has 39 heavy (non-hydrogen) atoms. The van der Waals surface area contributed by atoms with Crippen LogP contribution in [0.2, 0.25) is 0 Å². The monoisotopic (exact) mass is 539 g/mol. The first-order valence-electron chi connectivity index (χ1n) is 13.0. The van der Waals surface area contributed by atoms with Crippen molar-refractivity contribution in [2.75, 3.05) is 23.3 Å². The van der Waals surface area contributed by atoms with E-state index in [1.165, 1.54) is 6.20 Å². The highest BCUT2D eigenvalue weighted by atomic mass is 19.1. The SMILES string of the molecule is N[C@@H]1CN(c2c(NC(=O)c3ccc(F)c(-c4c(F)cccc4F)n3)cnc3c2CCC3O)C[C@H](C2CC2)[C@H]1O. The molecule has 0 bridgehead atoms. The van der Waals surface area contributed by atoms with Gasteiger partial charge >= 0.3 is 0 Å². The van der Waals surface area contributed by atoms with Gasteiger partial charge in [-0.25, -0.2) is 18.2 Å². The van der Waals surface area contributed by atoms with Crippen molar-refractivity contribution < 1.29 is 28.2 Å². The van der Waals surface area contributed by atoms with Gasteiger partial charge in [-0.3, -0.25) is 9.78 Å². The molecule has 3 heterocycles. The zero-order chi connectivity index (χ0) is 27.4. The van der Waals surface area contributed by atoms with Crippen LogP contribution in [0, 0.1) is 29.3 Å². The lowest BCUT2D eigenvalue weighted by Gasteiger charge is -2.42. The van der Waals surface area contributed by atoms with Crippen molar-refractivity contribution in [1.82, 2.24) is 9.97 Å². The maximum Gasteiger partial charge on any atom is 0.274 e. The van der Waals surface area contributed by atoms with E-state index < -0.39 is 52.9 Å². The molecule has 0 radical (unpaired) electrons. The highest BCUT2D eigenvalue weighted by Gasteiger charge is 2.44. The first-order valence-corrected chi connectivity index (χ1v) is 13.0. The van der Waals surface area contributed by atoms with Gasteiger partial charge in [0.1, 0.15) is 28.8 Å². The van der Waals surface area contributed by atoms with E-state index in [1.54, 1.807) is 0 Å². The van der Waals surface area contributed by atoms with E-state index in [-0.39, 0.29) is 11.6 Å². The molecule has 3 aliphatic rings. The number of fused-ring (bicyclic) bond motifs is 1. The average Bonchev–Trinajstić information content (AvgIpc) is 3.68. The number of aromatic nitrogens is 2. The lowest BCUT2D eigenvalue weighted by molar-refractivity contribution is 0.0593. The number of nitrogens with two attached hydrogens (primary N) is 1. The Morgan fingerprint density at radius 1 is 1.03 bits per heavy atom. The first-order chi connectivity index (χ1) is 18.7. The number of hydrogen-bond donors (Lipinski definition) is 4. The zero-order valence-corrected chi connectivity index (χ0v) is 20.9. The molecule has 2 fully saturated rings. The van der Waals surface area contributed by atoms with Crippen LogP contribution >= 0.6 is 0 Å². The van der Waals surface area contributed by atoms with Gasteiger partial charge in [0.2, 0.25) is 0 Å². The summed E-state index contributed by atoms with van der Waals surface area (Å²) < 4.78 is 43.3. The van der Waals surface area contributed by atoms with Crippen molar-refractivity contribution in [3.8, 4) is 11.3 Å². The molecule has 1 amide bonds. The molecule has 8 nitrogen and oxygen atoms in total. The second-order valence-corrected chi connectivity index (χ2v) is 10.6. The number of carbonyl (C=O) groups is 1. The highest BCUT2D eigenvalue weighted by Crippen LogP contribution is 2.45. The first kappa shape index (κ1) is 25.7. The number of carbonyl (C=O) groups excluding carboxylic acids is 1. The van der Waals surface area contributed by atoms with Gasteiger partial charge in [0.15, 0.2) is 0 Å². The topological polar surface area (TPSA) is 125 Å². The maximum absolute atomic E-state index is 14.6. The summed E-state index contributed by atoms with van der Waals surface area (Å²) in [5.74, 6) is -3.35. The number of halogens is 3. The standard InChI is InChI=1S/C28H28F3N5O3/c29-16-2-1-3-17(30)23(16)25-18(31)7-8-20(34-25)28(39)35-21-10-33-24-14(6-9-22(24)37)26(21)36-11-15(13-4-5-13)27(38)19(32)12-36/h1-3,7-8,10,13,15,19,22,27,37-38H,4-6,9,11-12,32H2,(H,35,39)/t15-,19-,22?,27-/m1/s1. The number of anilines is 2. The third kappa shape index (κ3) is 4.64. The summed E-state index contributed by atoms with van der Waals surface area (Å²) >= 11 is 0. The van der Waals surface area contributed by atoms with E-state index in [9.17, 15) is 28.2 Å². The lowest BCUT2D eigenvalue weighted by atomic mass is 9.86. The van der Waals surface area contributed by atoms with E-state index in [1.807, 2.05) is 4.90 Å². The van der Waals surface area contributed by atoms with Crippen LogP contribution in [0.4, 0.5) is 24.5 Å². The minimum absolute atomic E-state index is 0.0237. The number of nitrogens with zero attached hydrogens (tertiary/aromatic N) is 3. The molecule has 1 saturated heterocycles. The van der Waals surface area contributed by atoms with Gasteiger partial charge in [-0.2, -0.15) is 0 Å². The molecular weight excluding hydrogens is 511 g/mol. The molecule has 2 aromatic heterocycles. The molecular formula is C28H28F3N5O3. The number of rotatable bonds is 5. The Balaban J connectivity index is 1.36. The number of nitrogens with one attached hydrogen (secondary N) is 1. The van der Waals surface area contributed by atoms with E-state index in [4.69, 9.17) is 5.73 Å². The molecule has 1 unspecified atom stereocenters. The van der Waals surface area contributed by atoms with Gasteiger partial charge in [-0.15, -0.1) is 0 Å². The van der Waals surface area contributed by atoms with Gasteiger partial charge in [-0.1, -0.05) is 6.07 Å². The van der Waals surface area contributed by atoms with E-state index in [2.05, 4.69) is 15.3 Å². The van der Waals surface area contributed by atoms with Crippen LogP contribution in [0.25, 0.3) is 11.3 Å². The summed E-state index contributed by atoms with van der Waals surface area (Å²) in [6.45, 7) is 0.867. The summed E-state index contributed by atoms with van der Waals surface area (Å²) in [6.07, 6.45) is 3.16. The maximum atomic E-state index is 14.6. The average molecular weight is 540 g/mol. The molecule has 4 atom stereocenters. The van der Waals surface area contributed by atoms with Crippen LogP contribution in [0.5, 0.6) is 0 Å². The van der Waals surface area contributed by atoms with Gasteiger partial charge in [0.05, 0.1) is 41.0 Å². The number of pyridine rings is 2. The third-order valence-corrected chi connectivity index (χ3v) is 7.98. The van der Waals surface area contributed by atoms with Crippen LogP contribution < -0.4 is 16.0 Å². The quantitative estimate of drug-likeness (QED) is 0.392. The molecule has 11 heteroatoms. The summed E-state index contributed by atoms with van der Waals surface area (Å²) in [7, 11) is 0. The Hall–Kier alpha value is -3.54. The number of amides is 1. The second kappa shape index (κ2) is 9.89. The number of piperidine rings is 1. The van der Waals surface area contributed by atoms with Crippen LogP contribution in [0.15, 0.2) is 36.5 Å². The molecule has 204 valence electrons. The predicted octanol–water partition coefficient (Wildman–Crippen LogP) is 3.33. The molecule has 2 aliphatic carbocycles. The molecule has 3 aromatic rings. The van der Waals surface area contributed by atoms with Gasteiger partial charge in [-0.05, 0) is 55.9 Å². The molecule has 1 saturated carbocycles. The molecule has 1 aliphatic heterocycles. The molecule has 5 N–H and O–H groups in total. The number of benzene rings is 1. The van der Waals surface area contributed by atoms with Crippen molar-refractivity contribution >= 4 is 17.3 Å². The Kier molecular flexibility index (Phi) is 6.52. The van der Waals surface area contributed by atoms with Gasteiger partial charge in [0.25, 0.3) is 5.91 Å². The van der Waals surface area contributed by atoms with Crippen molar-refractivity contribution in [3.63, 3.8) is 0 Å². The second-order valence-electron chi connectivity index (χ2n) is 10.6. The van der Waals surface area contributed by atoms with E-state index in [0.29, 0.717) is 48.9 Å². The molecule has 0 spiro atoms. The summed E-state index contributed by atoms with van der Waals surface area (Å²) in [4.78, 5) is 23.7. The van der Waals surface area contributed by atoms with Gasteiger partial charge < -0.3 is 26.2 Å². The zero-order valence-electron chi connectivity index (χ0n) is 20.9. The smallest absolute Gasteiger partial charge is 0.274 e. The van der Waals surface area contributed by atoms with Gasteiger partial charge in [0, 0.05) is 30.6 Å². The summed E-state index contributed by atoms with van der Waals surface area (Å²) in [5.41, 5.74) is 7.15. The van der Waals surface area contributed by atoms with Crippen LogP contribution in [0.3, 0.4) is 0 Å².